The van der Waals surface area contributed by atoms with E-state index in [-0.39, 0.29) is 17.3 Å². The zero-order valence-electron chi connectivity index (χ0n) is 17.1. The SMILES string of the molecule is Cc1nc2cc(NC(=O)c3ccc(S(=O)(=O)N(C)Cc4ccccc4)cc3)ccc2s1. The molecule has 0 aliphatic rings. The van der Waals surface area contributed by atoms with Gasteiger partial charge in [-0.05, 0) is 55.0 Å². The Labute approximate surface area is 185 Å². The van der Waals surface area contributed by atoms with Gasteiger partial charge in [0.05, 0.1) is 20.1 Å². The molecule has 0 atom stereocenters. The summed E-state index contributed by atoms with van der Waals surface area (Å²) >= 11 is 1.60. The maximum atomic E-state index is 12.9. The van der Waals surface area contributed by atoms with Crippen LogP contribution in [0.3, 0.4) is 0 Å². The number of amides is 1. The summed E-state index contributed by atoms with van der Waals surface area (Å²) in [5.74, 6) is -0.312. The molecule has 4 rings (SSSR count). The highest BCUT2D eigenvalue weighted by Gasteiger charge is 2.21. The number of carbonyl (C=O) groups is 1. The summed E-state index contributed by atoms with van der Waals surface area (Å²) in [6.07, 6.45) is 0. The van der Waals surface area contributed by atoms with Gasteiger partial charge in [0.2, 0.25) is 10.0 Å². The van der Waals surface area contributed by atoms with E-state index in [0.29, 0.717) is 11.3 Å². The van der Waals surface area contributed by atoms with Gasteiger partial charge in [-0.25, -0.2) is 13.4 Å². The van der Waals surface area contributed by atoms with E-state index in [1.807, 2.05) is 55.5 Å². The Bertz CT molecular complexity index is 1330. The minimum Gasteiger partial charge on any atom is -0.322 e. The van der Waals surface area contributed by atoms with Crippen LogP contribution in [0.1, 0.15) is 20.9 Å². The highest BCUT2D eigenvalue weighted by Crippen LogP contribution is 2.25. The van der Waals surface area contributed by atoms with Crippen molar-refractivity contribution in [3.05, 3.63) is 88.9 Å². The van der Waals surface area contributed by atoms with E-state index < -0.39 is 10.0 Å². The fraction of sp³-hybridized carbons (Fsp3) is 0.130. The summed E-state index contributed by atoms with van der Waals surface area (Å²) in [6.45, 7) is 2.21. The molecule has 158 valence electrons. The molecular weight excluding hydrogens is 430 g/mol. The van der Waals surface area contributed by atoms with E-state index in [2.05, 4.69) is 10.3 Å². The number of benzene rings is 3. The number of nitrogens with one attached hydrogen (secondary N) is 1. The van der Waals surface area contributed by atoms with Crippen LogP contribution in [0, 0.1) is 6.92 Å². The summed E-state index contributed by atoms with van der Waals surface area (Å²) in [6, 6.07) is 20.9. The highest BCUT2D eigenvalue weighted by molar-refractivity contribution is 7.89. The van der Waals surface area contributed by atoms with Crippen LogP contribution >= 0.6 is 11.3 Å². The number of hydrogen-bond donors (Lipinski definition) is 1. The Morgan fingerprint density at radius 1 is 1.03 bits per heavy atom. The van der Waals surface area contributed by atoms with Crippen molar-refractivity contribution in [1.82, 2.24) is 9.29 Å². The van der Waals surface area contributed by atoms with Crippen LogP contribution < -0.4 is 5.32 Å². The first-order valence-electron chi connectivity index (χ1n) is 9.62. The second-order valence-corrected chi connectivity index (χ2v) is 10.4. The zero-order chi connectivity index (χ0) is 22.0. The summed E-state index contributed by atoms with van der Waals surface area (Å²) in [4.78, 5) is 17.2. The summed E-state index contributed by atoms with van der Waals surface area (Å²) < 4.78 is 28.1. The van der Waals surface area contributed by atoms with Crippen molar-refractivity contribution in [2.24, 2.45) is 0 Å². The quantitative estimate of drug-likeness (QED) is 0.462. The van der Waals surface area contributed by atoms with E-state index in [9.17, 15) is 13.2 Å². The van der Waals surface area contributed by atoms with E-state index >= 15 is 0 Å². The van der Waals surface area contributed by atoms with Crippen molar-refractivity contribution in [3.8, 4) is 0 Å². The van der Waals surface area contributed by atoms with Gasteiger partial charge in [-0.15, -0.1) is 11.3 Å². The fourth-order valence-electron chi connectivity index (χ4n) is 3.21. The smallest absolute Gasteiger partial charge is 0.255 e. The molecule has 0 spiro atoms. The molecule has 0 radical (unpaired) electrons. The Balaban J connectivity index is 1.47. The van der Waals surface area contributed by atoms with Crippen LogP contribution in [0.15, 0.2) is 77.7 Å². The van der Waals surface area contributed by atoms with Crippen LogP contribution in [0.5, 0.6) is 0 Å². The molecule has 1 heterocycles. The van der Waals surface area contributed by atoms with Gasteiger partial charge >= 0.3 is 0 Å². The standard InChI is InChI=1S/C23H21N3O3S2/c1-16-24-21-14-19(10-13-22(21)30-16)25-23(27)18-8-11-20(12-9-18)31(28,29)26(2)15-17-6-4-3-5-7-17/h3-14H,15H2,1-2H3,(H,25,27). The number of fused-ring (bicyclic) bond motifs is 1. The van der Waals surface area contributed by atoms with Crippen LogP contribution in [0.25, 0.3) is 10.2 Å². The minimum atomic E-state index is -3.67. The monoisotopic (exact) mass is 451 g/mol. The number of thiazole rings is 1. The maximum Gasteiger partial charge on any atom is 0.255 e. The lowest BCUT2D eigenvalue weighted by molar-refractivity contribution is 0.102. The van der Waals surface area contributed by atoms with Crippen LogP contribution in [-0.4, -0.2) is 30.7 Å². The summed E-state index contributed by atoms with van der Waals surface area (Å²) in [5, 5.41) is 3.80. The normalized spacial score (nSPS) is 11.7. The van der Waals surface area contributed by atoms with Gasteiger partial charge in [0.15, 0.2) is 0 Å². The van der Waals surface area contributed by atoms with Gasteiger partial charge in [-0.2, -0.15) is 4.31 Å². The lowest BCUT2D eigenvalue weighted by Crippen LogP contribution is -2.26. The molecule has 1 N–H and O–H groups in total. The number of hydrogen-bond acceptors (Lipinski definition) is 5. The van der Waals surface area contributed by atoms with Gasteiger partial charge in [0.25, 0.3) is 5.91 Å². The Morgan fingerprint density at radius 2 is 1.74 bits per heavy atom. The third-order valence-corrected chi connectivity index (χ3v) is 7.59. The molecule has 1 amide bonds. The number of aryl methyl sites for hydroxylation is 1. The number of carbonyl (C=O) groups excluding carboxylic acids is 1. The average Bonchev–Trinajstić information content (AvgIpc) is 3.13. The van der Waals surface area contributed by atoms with E-state index in [1.54, 1.807) is 18.4 Å². The molecule has 31 heavy (non-hydrogen) atoms. The van der Waals surface area contributed by atoms with Gasteiger partial charge in [-0.1, -0.05) is 30.3 Å². The molecule has 1 aromatic heterocycles. The number of nitrogens with zero attached hydrogens (tertiary/aromatic N) is 2. The second kappa shape index (κ2) is 8.58. The topological polar surface area (TPSA) is 79.4 Å². The van der Waals surface area contributed by atoms with E-state index in [1.165, 1.54) is 28.6 Å². The second-order valence-electron chi connectivity index (χ2n) is 7.14. The van der Waals surface area contributed by atoms with Crippen molar-refractivity contribution in [1.29, 1.82) is 0 Å². The van der Waals surface area contributed by atoms with Gasteiger partial charge in [-0.3, -0.25) is 4.79 Å². The fourth-order valence-corrected chi connectivity index (χ4v) is 5.17. The molecule has 0 aliphatic carbocycles. The summed E-state index contributed by atoms with van der Waals surface area (Å²) in [7, 11) is -2.13. The first kappa shape index (κ1) is 21.2. The molecule has 0 aliphatic heterocycles. The number of aromatic nitrogens is 1. The lowest BCUT2D eigenvalue weighted by Gasteiger charge is -2.17. The zero-order valence-corrected chi connectivity index (χ0v) is 18.7. The lowest BCUT2D eigenvalue weighted by atomic mass is 10.2. The molecular formula is C23H21N3O3S2. The number of sulfonamides is 1. The van der Waals surface area contributed by atoms with Crippen molar-refractivity contribution in [2.75, 3.05) is 12.4 Å². The molecule has 0 bridgehead atoms. The molecule has 6 nitrogen and oxygen atoms in total. The molecule has 4 aromatic rings. The Kier molecular flexibility index (Phi) is 5.86. The third-order valence-electron chi connectivity index (χ3n) is 4.83. The maximum absolute atomic E-state index is 12.9. The molecule has 3 aromatic carbocycles. The van der Waals surface area contributed by atoms with Crippen molar-refractivity contribution in [2.45, 2.75) is 18.4 Å². The third kappa shape index (κ3) is 4.66. The van der Waals surface area contributed by atoms with E-state index in [0.717, 1.165) is 20.8 Å². The van der Waals surface area contributed by atoms with Crippen LogP contribution in [-0.2, 0) is 16.6 Å². The summed E-state index contributed by atoms with van der Waals surface area (Å²) in [5.41, 5.74) is 2.75. The average molecular weight is 452 g/mol. The van der Waals surface area contributed by atoms with Crippen molar-refractivity contribution in [3.63, 3.8) is 0 Å². The molecule has 0 saturated heterocycles. The number of rotatable bonds is 6. The van der Waals surface area contributed by atoms with Crippen molar-refractivity contribution < 1.29 is 13.2 Å². The van der Waals surface area contributed by atoms with Gasteiger partial charge in [0.1, 0.15) is 0 Å². The highest BCUT2D eigenvalue weighted by atomic mass is 32.2. The molecule has 0 saturated carbocycles. The predicted molar refractivity (Wildman–Crippen MR) is 124 cm³/mol. The van der Waals surface area contributed by atoms with Gasteiger partial charge in [0, 0.05) is 24.8 Å². The number of anilines is 1. The van der Waals surface area contributed by atoms with Crippen LogP contribution in [0.2, 0.25) is 0 Å². The largest absolute Gasteiger partial charge is 0.322 e. The van der Waals surface area contributed by atoms with Crippen LogP contribution in [0.4, 0.5) is 5.69 Å². The van der Waals surface area contributed by atoms with Gasteiger partial charge < -0.3 is 5.32 Å². The molecule has 0 unspecified atom stereocenters. The minimum absolute atomic E-state index is 0.141. The Hall–Kier alpha value is -3.07. The molecule has 8 heteroatoms. The van der Waals surface area contributed by atoms with Crippen molar-refractivity contribution >= 4 is 43.2 Å². The van der Waals surface area contributed by atoms with E-state index in [4.69, 9.17) is 0 Å². The Morgan fingerprint density at radius 3 is 2.45 bits per heavy atom. The molecule has 0 fully saturated rings. The first-order chi connectivity index (χ1) is 14.8. The first-order valence-corrected chi connectivity index (χ1v) is 11.9. The predicted octanol–water partition coefficient (Wildman–Crippen LogP) is 4.68.